The van der Waals surface area contributed by atoms with Crippen LogP contribution < -0.4 is 4.90 Å². The van der Waals surface area contributed by atoms with E-state index in [2.05, 4.69) is 11.1 Å². The van der Waals surface area contributed by atoms with Gasteiger partial charge in [-0.25, -0.2) is 4.98 Å². The molecule has 80 valence electrons. The van der Waals surface area contributed by atoms with Crippen LogP contribution in [-0.2, 0) is 4.74 Å². The summed E-state index contributed by atoms with van der Waals surface area (Å²) >= 11 is 0. The minimum Gasteiger partial charge on any atom is -0.383 e. The maximum Gasteiger partial charge on any atom is 0.146 e. The van der Waals surface area contributed by atoms with Crippen LogP contribution in [0.2, 0.25) is 0 Å². The van der Waals surface area contributed by atoms with Crippen LogP contribution in [0.25, 0.3) is 0 Å². The molecule has 0 saturated carbocycles. The van der Waals surface area contributed by atoms with E-state index in [9.17, 15) is 0 Å². The zero-order valence-electron chi connectivity index (χ0n) is 9.32. The van der Waals surface area contributed by atoms with Gasteiger partial charge in [-0.1, -0.05) is 0 Å². The molecule has 0 aliphatic carbocycles. The van der Waals surface area contributed by atoms with Crippen molar-refractivity contribution in [1.29, 1.82) is 5.26 Å². The largest absolute Gasteiger partial charge is 0.383 e. The number of hydrogen-bond donors (Lipinski definition) is 0. The third-order valence-corrected chi connectivity index (χ3v) is 2.13. The van der Waals surface area contributed by atoms with E-state index in [1.54, 1.807) is 13.2 Å². The second kappa shape index (κ2) is 5.32. The highest BCUT2D eigenvalue weighted by Crippen LogP contribution is 2.15. The van der Waals surface area contributed by atoms with Gasteiger partial charge >= 0.3 is 0 Å². The summed E-state index contributed by atoms with van der Waals surface area (Å²) < 4.78 is 4.99. The SMILES string of the molecule is COCCN(C)c1nc(C)ccc1C#N. The number of aromatic nitrogens is 1. The lowest BCUT2D eigenvalue weighted by Crippen LogP contribution is -2.24. The Morgan fingerprint density at radius 2 is 2.27 bits per heavy atom. The number of nitriles is 1. The van der Waals surface area contributed by atoms with Crippen molar-refractivity contribution in [3.63, 3.8) is 0 Å². The minimum absolute atomic E-state index is 0.596. The predicted octanol–water partition coefficient (Wildman–Crippen LogP) is 1.34. The van der Waals surface area contributed by atoms with Gasteiger partial charge in [-0.05, 0) is 19.1 Å². The number of likely N-dealkylation sites (N-methyl/N-ethyl adjacent to an activating group) is 1. The summed E-state index contributed by atoms with van der Waals surface area (Å²) in [5.41, 5.74) is 1.51. The van der Waals surface area contributed by atoms with Gasteiger partial charge in [0.2, 0.25) is 0 Å². The van der Waals surface area contributed by atoms with Crippen molar-refractivity contribution in [2.75, 3.05) is 32.2 Å². The first-order valence-corrected chi connectivity index (χ1v) is 4.77. The van der Waals surface area contributed by atoms with Crippen molar-refractivity contribution in [1.82, 2.24) is 4.98 Å². The van der Waals surface area contributed by atoms with Crippen molar-refractivity contribution in [3.8, 4) is 6.07 Å². The molecule has 0 aliphatic rings. The molecule has 0 aliphatic heterocycles. The second-order valence-corrected chi connectivity index (χ2v) is 3.35. The Bertz CT molecular complexity index is 371. The molecular weight excluding hydrogens is 190 g/mol. The number of ether oxygens (including phenoxy) is 1. The molecule has 0 atom stereocenters. The average molecular weight is 205 g/mol. The van der Waals surface area contributed by atoms with E-state index in [0.29, 0.717) is 12.2 Å². The normalized spacial score (nSPS) is 9.73. The fourth-order valence-corrected chi connectivity index (χ4v) is 1.26. The molecule has 0 unspecified atom stereocenters. The van der Waals surface area contributed by atoms with Crippen molar-refractivity contribution < 1.29 is 4.74 Å². The number of nitrogens with zero attached hydrogens (tertiary/aromatic N) is 3. The fourth-order valence-electron chi connectivity index (χ4n) is 1.26. The van der Waals surface area contributed by atoms with Gasteiger partial charge in [0.05, 0.1) is 12.2 Å². The standard InChI is InChI=1S/C11H15N3O/c1-9-4-5-10(8-12)11(13-9)14(2)6-7-15-3/h4-5H,6-7H2,1-3H3. The molecule has 4 heteroatoms. The highest BCUT2D eigenvalue weighted by molar-refractivity contribution is 5.53. The van der Waals surface area contributed by atoms with Crippen LogP contribution in [0.15, 0.2) is 12.1 Å². The molecule has 1 heterocycles. The monoisotopic (exact) mass is 205 g/mol. The summed E-state index contributed by atoms with van der Waals surface area (Å²) in [6.45, 7) is 3.26. The number of methoxy groups -OCH3 is 1. The van der Waals surface area contributed by atoms with Gasteiger partial charge in [-0.2, -0.15) is 5.26 Å². The highest BCUT2D eigenvalue weighted by atomic mass is 16.5. The van der Waals surface area contributed by atoms with E-state index in [1.165, 1.54) is 0 Å². The number of aryl methyl sites for hydroxylation is 1. The van der Waals surface area contributed by atoms with Gasteiger partial charge in [-0.3, -0.25) is 0 Å². The Morgan fingerprint density at radius 3 is 2.87 bits per heavy atom. The van der Waals surface area contributed by atoms with Crippen LogP contribution in [0.5, 0.6) is 0 Å². The van der Waals surface area contributed by atoms with E-state index in [4.69, 9.17) is 10.00 Å². The van der Waals surface area contributed by atoms with Crippen molar-refractivity contribution in [2.45, 2.75) is 6.92 Å². The number of hydrogen-bond acceptors (Lipinski definition) is 4. The van der Waals surface area contributed by atoms with Gasteiger partial charge in [0.1, 0.15) is 11.9 Å². The van der Waals surface area contributed by atoms with Gasteiger partial charge in [0.15, 0.2) is 0 Å². The Kier molecular flexibility index (Phi) is 4.07. The van der Waals surface area contributed by atoms with E-state index in [0.717, 1.165) is 18.1 Å². The Hall–Kier alpha value is -1.60. The van der Waals surface area contributed by atoms with E-state index in [-0.39, 0.29) is 0 Å². The van der Waals surface area contributed by atoms with E-state index >= 15 is 0 Å². The molecule has 1 aromatic rings. The average Bonchev–Trinajstić information content (AvgIpc) is 2.25. The molecule has 0 amide bonds. The zero-order chi connectivity index (χ0) is 11.3. The summed E-state index contributed by atoms with van der Waals surface area (Å²) in [6, 6.07) is 5.77. The van der Waals surface area contributed by atoms with Crippen LogP contribution in [0, 0.1) is 18.3 Å². The lowest BCUT2D eigenvalue weighted by molar-refractivity contribution is 0.206. The highest BCUT2D eigenvalue weighted by Gasteiger charge is 2.08. The first kappa shape index (κ1) is 11.5. The molecule has 0 bridgehead atoms. The van der Waals surface area contributed by atoms with Gasteiger partial charge in [0, 0.05) is 26.4 Å². The first-order chi connectivity index (χ1) is 7.19. The topological polar surface area (TPSA) is 49.1 Å². The molecule has 0 radical (unpaired) electrons. The molecule has 0 fully saturated rings. The van der Waals surface area contributed by atoms with Gasteiger partial charge in [-0.15, -0.1) is 0 Å². The Labute approximate surface area is 90.1 Å². The molecule has 0 aromatic carbocycles. The fraction of sp³-hybridized carbons (Fsp3) is 0.455. The molecule has 4 nitrogen and oxygen atoms in total. The lowest BCUT2D eigenvalue weighted by Gasteiger charge is -2.18. The van der Waals surface area contributed by atoms with Gasteiger partial charge < -0.3 is 9.64 Å². The van der Waals surface area contributed by atoms with Crippen LogP contribution in [0.3, 0.4) is 0 Å². The molecule has 0 saturated heterocycles. The Balaban J connectivity index is 2.91. The molecule has 1 rings (SSSR count). The third-order valence-electron chi connectivity index (χ3n) is 2.13. The van der Waals surface area contributed by atoms with Crippen molar-refractivity contribution in [2.24, 2.45) is 0 Å². The Morgan fingerprint density at radius 1 is 1.53 bits per heavy atom. The van der Waals surface area contributed by atoms with E-state index in [1.807, 2.05) is 24.9 Å². The summed E-state index contributed by atoms with van der Waals surface area (Å²) in [5.74, 6) is 0.717. The minimum atomic E-state index is 0.596. The summed E-state index contributed by atoms with van der Waals surface area (Å²) in [5, 5.41) is 8.94. The maximum absolute atomic E-state index is 8.94. The maximum atomic E-state index is 8.94. The van der Waals surface area contributed by atoms with Gasteiger partial charge in [0.25, 0.3) is 0 Å². The summed E-state index contributed by atoms with van der Waals surface area (Å²) in [7, 11) is 3.56. The molecule has 1 aromatic heterocycles. The second-order valence-electron chi connectivity index (χ2n) is 3.35. The van der Waals surface area contributed by atoms with Crippen LogP contribution in [-0.4, -0.2) is 32.3 Å². The first-order valence-electron chi connectivity index (χ1n) is 4.77. The summed E-state index contributed by atoms with van der Waals surface area (Å²) in [6.07, 6.45) is 0. The third kappa shape index (κ3) is 2.93. The zero-order valence-corrected chi connectivity index (χ0v) is 9.32. The molecule has 15 heavy (non-hydrogen) atoms. The van der Waals surface area contributed by atoms with Crippen molar-refractivity contribution >= 4 is 5.82 Å². The molecule has 0 spiro atoms. The summed E-state index contributed by atoms with van der Waals surface area (Å²) in [4.78, 5) is 6.27. The quantitative estimate of drug-likeness (QED) is 0.744. The van der Waals surface area contributed by atoms with Crippen LogP contribution >= 0.6 is 0 Å². The number of rotatable bonds is 4. The number of anilines is 1. The van der Waals surface area contributed by atoms with Crippen LogP contribution in [0.4, 0.5) is 5.82 Å². The number of pyridine rings is 1. The van der Waals surface area contributed by atoms with E-state index < -0.39 is 0 Å². The van der Waals surface area contributed by atoms with Crippen LogP contribution in [0.1, 0.15) is 11.3 Å². The van der Waals surface area contributed by atoms with Crippen molar-refractivity contribution in [3.05, 3.63) is 23.4 Å². The smallest absolute Gasteiger partial charge is 0.146 e. The molecule has 0 N–H and O–H groups in total. The lowest BCUT2D eigenvalue weighted by atomic mass is 10.2. The predicted molar refractivity (Wildman–Crippen MR) is 58.8 cm³/mol. The molecular formula is C11H15N3O.